The summed E-state index contributed by atoms with van der Waals surface area (Å²) in [5, 5.41) is 2.32. The third-order valence-corrected chi connectivity index (χ3v) is 4.31. The van der Waals surface area contributed by atoms with E-state index in [1.807, 2.05) is 0 Å². The van der Waals surface area contributed by atoms with Gasteiger partial charge in [-0.2, -0.15) is 13.2 Å². The van der Waals surface area contributed by atoms with Gasteiger partial charge in [-0.3, -0.25) is 9.59 Å². The highest BCUT2D eigenvalue weighted by molar-refractivity contribution is 5.88. The van der Waals surface area contributed by atoms with E-state index in [1.54, 1.807) is 0 Å². The van der Waals surface area contributed by atoms with Gasteiger partial charge in [-0.15, -0.1) is 0 Å². The largest absolute Gasteiger partial charge is 0.391 e. The number of rotatable bonds is 5. The lowest BCUT2D eigenvalue weighted by molar-refractivity contribution is -0.161. The molecular formula is C17H19F6N3O2. The van der Waals surface area contributed by atoms with Crippen molar-refractivity contribution in [3.8, 4) is 0 Å². The molecule has 28 heavy (non-hydrogen) atoms. The van der Waals surface area contributed by atoms with Crippen LogP contribution in [0.25, 0.3) is 0 Å². The maximum Gasteiger partial charge on any atom is 0.391 e. The monoisotopic (exact) mass is 411 g/mol. The number of nitrogens with zero attached hydrogens (tertiary/aromatic N) is 1. The quantitative estimate of drug-likeness (QED) is 0.575. The Kier molecular flexibility index (Phi) is 6.91. The van der Waals surface area contributed by atoms with Gasteiger partial charge in [0.05, 0.1) is 6.42 Å². The molecule has 0 spiro atoms. The molecule has 2 atom stereocenters. The van der Waals surface area contributed by atoms with Crippen molar-refractivity contribution in [1.82, 2.24) is 10.2 Å². The molecule has 1 fully saturated rings. The standard InChI is InChI=1S/C17H19F6N3O2/c18-11-7-13(20)12(19)5-9(11)4-10(24)6-15(27)26-3-1-2-25-16(28)14(26)8-17(21,22)23/h5,7,10,14H,1-4,6,8,24H2,(H,25,28)/t10?,14-/m1/s1. The van der Waals surface area contributed by atoms with E-state index in [2.05, 4.69) is 5.32 Å². The number of carbonyl (C=O) groups is 2. The van der Waals surface area contributed by atoms with E-state index in [9.17, 15) is 35.9 Å². The van der Waals surface area contributed by atoms with E-state index < -0.39 is 60.4 Å². The Morgan fingerprint density at radius 2 is 1.86 bits per heavy atom. The Hall–Kier alpha value is -2.30. The van der Waals surface area contributed by atoms with Crippen molar-refractivity contribution in [1.29, 1.82) is 0 Å². The highest BCUT2D eigenvalue weighted by Gasteiger charge is 2.41. The van der Waals surface area contributed by atoms with Crippen molar-refractivity contribution in [3.63, 3.8) is 0 Å². The van der Waals surface area contributed by atoms with Gasteiger partial charge in [0, 0.05) is 31.6 Å². The third kappa shape index (κ3) is 5.85. The average Bonchev–Trinajstić information content (AvgIpc) is 2.73. The van der Waals surface area contributed by atoms with Crippen LogP contribution in [0.15, 0.2) is 12.1 Å². The van der Waals surface area contributed by atoms with Crippen LogP contribution in [-0.4, -0.2) is 48.1 Å². The fourth-order valence-corrected chi connectivity index (χ4v) is 3.01. The van der Waals surface area contributed by atoms with Gasteiger partial charge in [0.25, 0.3) is 0 Å². The molecule has 1 aromatic carbocycles. The molecule has 0 aromatic heterocycles. The van der Waals surface area contributed by atoms with Gasteiger partial charge < -0.3 is 16.0 Å². The van der Waals surface area contributed by atoms with E-state index in [1.165, 1.54) is 0 Å². The summed E-state index contributed by atoms with van der Waals surface area (Å²) in [6.07, 6.45) is -6.73. The zero-order valence-electron chi connectivity index (χ0n) is 14.7. The first-order valence-corrected chi connectivity index (χ1v) is 8.51. The first-order chi connectivity index (χ1) is 13.0. The molecule has 11 heteroatoms. The third-order valence-electron chi connectivity index (χ3n) is 4.31. The number of nitrogens with two attached hydrogens (primary N) is 1. The average molecular weight is 411 g/mol. The van der Waals surface area contributed by atoms with Crippen molar-refractivity contribution >= 4 is 11.8 Å². The summed E-state index contributed by atoms with van der Waals surface area (Å²) in [5.74, 6) is -5.43. The Morgan fingerprint density at radius 3 is 2.50 bits per heavy atom. The minimum absolute atomic E-state index is 0.0788. The predicted octanol–water partition coefficient (Wildman–Crippen LogP) is 2.03. The number of halogens is 6. The van der Waals surface area contributed by atoms with Crippen LogP contribution in [0.1, 0.15) is 24.8 Å². The first kappa shape index (κ1) is 22.0. The topological polar surface area (TPSA) is 75.4 Å². The summed E-state index contributed by atoms with van der Waals surface area (Å²) in [7, 11) is 0. The van der Waals surface area contributed by atoms with Crippen LogP contribution < -0.4 is 11.1 Å². The minimum atomic E-state index is -4.66. The van der Waals surface area contributed by atoms with Crippen molar-refractivity contribution in [2.24, 2.45) is 5.73 Å². The maximum absolute atomic E-state index is 13.7. The van der Waals surface area contributed by atoms with Crippen molar-refractivity contribution in [3.05, 3.63) is 35.1 Å². The number of alkyl halides is 3. The molecule has 1 saturated heterocycles. The summed E-state index contributed by atoms with van der Waals surface area (Å²) in [5.41, 5.74) is 5.50. The number of benzene rings is 1. The van der Waals surface area contributed by atoms with Gasteiger partial charge in [0.2, 0.25) is 11.8 Å². The Morgan fingerprint density at radius 1 is 1.21 bits per heavy atom. The van der Waals surface area contributed by atoms with E-state index in [-0.39, 0.29) is 31.5 Å². The zero-order chi connectivity index (χ0) is 21.1. The van der Waals surface area contributed by atoms with E-state index in [4.69, 9.17) is 5.73 Å². The lowest BCUT2D eigenvalue weighted by atomic mass is 10.0. The number of hydrogen-bond donors (Lipinski definition) is 2. The second-order valence-electron chi connectivity index (χ2n) is 6.59. The molecule has 1 heterocycles. The normalized spacial score (nSPS) is 19.2. The molecule has 156 valence electrons. The van der Waals surface area contributed by atoms with E-state index in [0.29, 0.717) is 12.1 Å². The first-order valence-electron chi connectivity index (χ1n) is 8.51. The highest BCUT2D eigenvalue weighted by Crippen LogP contribution is 2.26. The Labute approximate surface area is 156 Å². The van der Waals surface area contributed by atoms with Crippen LogP contribution in [-0.2, 0) is 16.0 Å². The molecule has 0 saturated carbocycles. The SMILES string of the molecule is NC(CC(=O)N1CCCNC(=O)[C@H]1CC(F)(F)F)Cc1cc(F)c(F)cc1F. The molecule has 1 aliphatic rings. The second kappa shape index (κ2) is 8.80. The van der Waals surface area contributed by atoms with Gasteiger partial charge in [-0.25, -0.2) is 13.2 Å². The summed E-state index contributed by atoms with van der Waals surface area (Å²) < 4.78 is 78.3. The van der Waals surface area contributed by atoms with Gasteiger partial charge >= 0.3 is 6.18 Å². The lowest BCUT2D eigenvalue weighted by Crippen LogP contribution is -2.50. The molecule has 2 amide bonds. The molecule has 3 N–H and O–H groups in total. The maximum atomic E-state index is 13.7. The van der Waals surface area contributed by atoms with Crippen LogP contribution >= 0.6 is 0 Å². The lowest BCUT2D eigenvalue weighted by Gasteiger charge is -2.30. The molecule has 0 bridgehead atoms. The molecule has 0 radical (unpaired) electrons. The molecule has 1 aliphatic heterocycles. The predicted molar refractivity (Wildman–Crippen MR) is 86.4 cm³/mol. The van der Waals surface area contributed by atoms with Gasteiger partial charge in [-0.05, 0) is 24.5 Å². The van der Waals surface area contributed by atoms with E-state index >= 15 is 0 Å². The number of carbonyl (C=O) groups excluding carboxylic acids is 2. The Bertz CT molecular complexity index is 740. The van der Waals surface area contributed by atoms with Crippen LogP contribution in [0, 0.1) is 17.5 Å². The zero-order valence-corrected chi connectivity index (χ0v) is 14.7. The Balaban J connectivity index is 2.10. The van der Waals surface area contributed by atoms with E-state index in [0.717, 1.165) is 4.90 Å². The molecule has 5 nitrogen and oxygen atoms in total. The minimum Gasteiger partial charge on any atom is -0.354 e. The fourth-order valence-electron chi connectivity index (χ4n) is 3.01. The second-order valence-corrected chi connectivity index (χ2v) is 6.59. The van der Waals surface area contributed by atoms with Crippen molar-refractivity contribution < 1.29 is 35.9 Å². The molecule has 1 aromatic rings. The summed E-state index contributed by atoms with van der Waals surface area (Å²) in [6.45, 7) is 0.0493. The van der Waals surface area contributed by atoms with Crippen LogP contribution in [0.2, 0.25) is 0 Å². The number of hydrogen-bond acceptors (Lipinski definition) is 3. The fraction of sp³-hybridized carbons (Fsp3) is 0.529. The summed E-state index contributed by atoms with van der Waals surface area (Å²) in [4.78, 5) is 25.2. The van der Waals surface area contributed by atoms with Crippen molar-refractivity contribution in [2.75, 3.05) is 13.1 Å². The van der Waals surface area contributed by atoms with Crippen LogP contribution in [0.4, 0.5) is 26.3 Å². The highest BCUT2D eigenvalue weighted by atomic mass is 19.4. The number of nitrogens with one attached hydrogen (secondary N) is 1. The molecule has 1 unspecified atom stereocenters. The summed E-state index contributed by atoms with van der Waals surface area (Å²) >= 11 is 0. The molecular weight excluding hydrogens is 392 g/mol. The van der Waals surface area contributed by atoms with Crippen LogP contribution in [0.5, 0.6) is 0 Å². The number of amides is 2. The molecule has 2 rings (SSSR count). The van der Waals surface area contributed by atoms with Gasteiger partial charge in [0.1, 0.15) is 11.9 Å². The molecule has 0 aliphatic carbocycles. The smallest absolute Gasteiger partial charge is 0.354 e. The van der Waals surface area contributed by atoms with Gasteiger partial charge in [0.15, 0.2) is 11.6 Å². The van der Waals surface area contributed by atoms with Crippen molar-refractivity contribution in [2.45, 2.75) is 43.9 Å². The van der Waals surface area contributed by atoms with Crippen LogP contribution in [0.3, 0.4) is 0 Å². The van der Waals surface area contributed by atoms with Gasteiger partial charge in [-0.1, -0.05) is 0 Å². The summed E-state index contributed by atoms with van der Waals surface area (Å²) in [6, 6.07) is -1.83.